The van der Waals surface area contributed by atoms with Crippen molar-refractivity contribution in [2.24, 2.45) is 5.41 Å². The Morgan fingerprint density at radius 2 is 1.96 bits per heavy atom. The summed E-state index contributed by atoms with van der Waals surface area (Å²) >= 11 is 0. The molecule has 1 aromatic rings. The molecule has 1 saturated carbocycles. The van der Waals surface area contributed by atoms with Gasteiger partial charge in [0.05, 0.1) is 18.8 Å². The average molecular weight is 346 g/mol. The van der Waals surface area contributed by atoms with Gasteiger partial charge in [0.25, 0.3) is 0 Å². The Morgan fingerprint density at radius 3 is 2.52 bits per heavy atom. The maximum Gasteiger partial charge on any atom is 0.238 e. The van der Waals surface area contributed by atoms with Gasteiger partial charge in [0, 0.05) is 24.1 Å². The van der Waals surface area contributed by atoms with Gasteiger partial charge in [-0.05, 0) is 57.8 Å². The fraction of sp³-hybridized carbons (Fsp3) is 0.650. The lowest BCUT2D eigenvalue weighted by molar-refractivity contribution is -0.209. The zero-order chi connectivity index (χ0) is 18.0. The number of benzene rings is 1. The van der Waals surface area contributed by atoms with Crippen molar-refractivity contribution in [2.45, 2.75) is 52.2 Å². The van der Waals surface area contributed by atoms with Crippen molar-refractivity contribution in [3.63, 3.8) is 0 Å². The van der Waals surface area contributed by atoms with Crippen LogP contribution in [0, 0.1) is 19.3 Å². The van der Waals surface area contributed by atoms with Gasteiger partial charge in [0.15, 0.2) is 0 Å². The number of aliphatic hydroxyl groups is 1. The second-order valence-corrected chi connectivity index (χ2v) is 7.52. The molecule has 2 N–H and O–H groups in total. The minimum absolute atomic E-state index is 0.0314. The van der Waals surface area contributed by atoms with E-state index in [9.17, 15) is 9.90 Å². The number of aliphatic hydroxyl groups excluding tert-OH is 1. The van der Waals surface area contributed by atoms with Crippen LogP contribution in [0.4, 0.5) is 5.69 Å². The molecule has 1 heterocycles. The van der Waals surface area contributed by atoms with Crippen LogP contribution < -0.4 is 5.32 Å². The molecule has 0 bridgehead atoms. The summed E-state index contributed by atoms with van der Waals surface area (Å²) in [5, 5.41) is 13.3. The molecule has 5 nitrogen and oxygen atoms in total. The number of nitrogens with zero attached hydrogens (tertiary/aromatic N) is 1. The number of carbonyl (C=O) groups is 1. The van der Waals surface area contributed by atoms with Crippen LogP contribution in [0.2, 0.25) is 0 Å². The summed E-state index contributed by atoms with van der Waals surface area (Å²) in [6, 6.07) is 6.03. The molecule has 0 aromatic heterocycles. The minimum atomic E-state index is -0.255. The number of aryl methyl sites for hydroxylation is 2. The highest BCUT2D eigenvalue weighted by atomic mass is 16.5. The van der Waals surface area contributed by atoms with Gasteiger partial charge in [0.2, 0.25) is 5.91 Å². The van der Waals surface area contributed by atoms with Crippen molar-refractivity contribution >= 4 is 11.6 Å². The van der Waals surface area contributed by atoms with Crippen LogP contribution in [-0.2, 0) is 9.53 Å². The number of nitrogens with one attached hydrogen (secondary N) is 1. The van der Waals surface area contributed by atoms with Gasteiger partial charge in [0.1, 0.15) is 0 Å². The highest BCUT2D eigenvalue weighted by Crippen LogP contribution is 2.50. The van der Waals surface area contributed by atoms with Crippen LogP contribution in [0.15, 0.2) is 18.2 Å². The van der Waals surface area contributed by atoms with Crippen molar-refractivity contribution in [3.8, 4) is 0 Å². The maximum absolute atomic E-state index is 12.4. The van der Waals surface area contributed by atoms with Gasteiger partial charge in [-0.3, -0.25) is 9.69 Å². The Labute approximate surface area is 150 Å². The van der Waals surface area contributed by atoms with Crippen LogP contribution in [0.5, 0.6) is 0 Å². The zero-order valence-electron chi connectivity index (χ0n) is 15.5. The summed E-state index contributed by atoms with van der Waals surface area (Å²) < 4.78 is 5.81. The van der Waals surface area contributed by atoms with E-state index >= 15 is 0 Å². The summed E-state index contributed by atoms with van der Waals surface area (Å²) in [7, 11) is 0. The molecule has 2 atom stereocenters. The lowest BCUT2D eigenvalue weighted by atomic mass is 9.58. The van der Waals surface area contributed by atoms with E-state index in [1.165, 1.54) is 0 Å². The van der Waals surface area contributed by atoms with Crippen LogP contribution in [0.25, 0.3) is 0 Å². The van der Waals surface area contributed by atoms with E-state index in [4.69, 9.17) is 4.74 Å². The first kappa shape index (κ1) is 18.4. The second kappa shape index (κ2) is 7.44. The molecule has 2 fully saturated rings. The third-order valence-corrected chi connectivity index (χ3v) is 6.01. The quantitative estimate of drug-likeness (QED) is 0.860. The van der Waals surface area contributed by atoms with Crippen molar-refractivity contribution in [3.05, 3.63) is 29.3 Å². The van der Waals surface area contributed by atoms with E-state index in [2.05, 4.69) is 10.2 Å². The molecule has 1 spiro atoms. The van der Waals surface area contributed by atoms with E-state index in [1.807, 2.05) is 39.0 Å². The van der Waals surface area contributed by atoms with Crippen LogP contribution >= 0.6 is 0 Å². The smallest absolute Gasteiger partial charge is 0.238 e. The van der Waals surface area contributed by atoms with Crippen molar-refractivity contribution in [1.82, 2.24) is 4.90 Å². The molecule has 1 amide bonds. The topological polar surface area (TPSA) is 61.8 Å². The molecule has 138 valence electrons. The van der Waals surface area contributed by atoms with Crippen LogP contribution in [0.1, 0.15) is 37.3 Å². The molecule has 1 saturated heterocycles. The molecule has 2 unspecified atom stereocenters. The number of amides is 1. The van der Waals surface area contributed by atoms with Gasteiger partial charge in [-0.25, -0.2) is 0 Å². The number of carbonyl (C=O) groups excluding carboxylic acids is 1. The van der Waals surface area contributed by atoms with E-state index in [0.717, 1.165) is 49.2 Å². The number of anilines is 1. The van der Waals surface area contributed by atoms with E-state index < -0.39 is 0 Å². The highest BCUT2D eigenvalue weighted by molar-refractivity contribution is 5.93. The normalized spacial score (nSPS) is 25.6. The zero-order valence-corrected chi connectivity index (χ0v) is 15.5. The minimum Gasteiger partial charge on any atom is -0.392 e. The second-order valence-electron chi connectivity index (χ2n) is 7.52. The van der Waals surface area contributed by atoms with Crippen molar-refractivity contribution in [1.29, 1.82) is 0 Å². The molecule has 5 heteroatoms. The van der Waals surface area contributed by atoms with Gasteiger partial charge in [-0.1, -0.05) is 18.2 Å². The third-order valence-electron chi connectivity index (χ3n) is 6.01. The number of hydrogen-bond acceptors (Lipinski definition) is 4. The summed E-state index contributed by atoms with van der Waals surface area (Å²) in [6.45, 7) is 8.80. The molecule has 1 aliphatic heterocycles. The van der Waals surface area contributed by atoms with E-state index in [0.29, 0.717) is 13.2 Å². The summed E-state index contributed by atoms with van der Waals surface area (Å²) in [6.07, 6.45) is 2.47. The summed E-state index contributed by atoms with van der Waals surface area (Å²) in [4.78, 5) is 14.6. The summed E-state index contributed by atoms with van der Waals surface area (Å²) in [5.41, 5.74) is 3.01. The molecule has 2 aliphatic rings. The van der Waals surface area contributed by atoms with Crippen LogP contribution in [0.3, 0.4) is 0 Å². The van der Waals surface area contributed by atoms with Gasteiger partial charge < -0.3 is 15.2 Å². The molecule has 1 aromatic carbocycles. The lowest BCUT2D eigenvalue weighted by Crippen LogP contribution is -2.62. The molecule has 3 rings (SSSR count). The number of rotatable bonds is 5. The van der Waals surface area contributed by atoms with Gasteiger partial charge >= 0.3 is 0 Å². The first-order valence-electron chi connectivity index (χ1n) is 9.34. The number of hydrogen-bond donors (Lipinski definition) is 2. The highest BCUT2D eigenvalue weighted by Gasteiger charge is 2.55. The molecule has 0 radical (unpaired) electrons. The average Bonchev–Trinajstić information content (AvgIpc) is 2.59. The van der Waals surface area contributed by atoms with Crippen LogP contribution in [-0.4, -0.2) is 54.4 Å². The number of piperidine rings is 1. The Hall–Kier alpha value is -1.43. The first-order chi connectivity index (χ1) is 12.0. The largest absolute Gasteiger partial charge is 0.392 e. The predicted molar refractivity (Wildman–Crippen MR) is 98.7 cm³/mol. The molecule has 1 aliphatic carbocycles. The Bertz CT molecular complexity index is 601. The Kier molecular flexibility index (Phi) is 5.46. The standard InChI is InChI=1S/C20H30N2O3/c1-4-25-17-12-16(23)20(17)8-10-22(11-9-20)13-18(24)21-19-14(2)6-5-7-15(19)3/h5-7,16-17,23H,4,8-13H2,1-3H3,(H,21,24). The number of para-hydroxylation sites is 1. The van der Waals surface area contributed by atoms with Gasteiger partial charge in [-0.15, -0.1) is 0 Å². The lowest BCUT2D eigenvalue weighted by Gasteiger charge is -2.56. The fourth-order valence-corrected chi connectivity index (χ4v) is 4.34. The van der Waals surface area contributed by atoms with E-state index in [1.54, 1.807) is 0 Å². The third kappa shape index (κ3) is 3.59. The van der Waals surface area contributed by atoms with Crippen molar-refractivity contribution in [2.75, 3.05) is 31.6 Å². The van der Waals surface area contributed by atoms with Crippen molar-refractivity contribution < 1.29 is 14.6 Å². The first-order valence-corrected chi connectivity index (χ1v) is 9.34. The van der Waals surface area contributed by atoms with Gasteiger partial charge in [-0.2, -0.15) is 0 Å². The molecular weight excluding hydrogens is 316 g/mol. The Balaban J connectivity index is 1.53. The number of likely N-dealkylation sites (tertiary alicyclic amines) is 1. The maximum atomic E-state index is 12.4. The summed E-state index contributed by atoms with van der Waals surface area (Å²) in [5.74, 6) is 0.0314. The van der Waals surface area contributed by atoms with E-state index in [-0.39, 0.29) is 23.5 Å². The SMILES string of the molecule is CCOC1CC(O)C12CCN(CC(=O)Nc1c(C)cccc1C)CC2. The molecule has 25 heavy (non-hydrogen) atoms. The monoisotopic (exact) mass is 346 g/mol. The molecular formula is C20H30N2O3. The Morgan fingerprint density at radius 1 is 1.32 bits per heavy atom. The fourth-order valence-electron chi connectivity index (χ4n) is 4.34. The predicted octanol–water partition coefficient (Wildman–Crippen LogP) is 2.49. The number of ether oxygens (including phenoxy) is 1.